The summed E-state index contributed by atoms with van der Waals surface area (Å²) in [5.41, 5.74) is 1.15. The van der Waals surface area contributed by atoms with Crippen molar-refractivity contribution in [2.24, 2.45) is 13.0 Å². The van der Waals surface area contributed by atoms with Crippen molar-refractivity contribution in [3.8, 4) is 0 Å². The molecule has 2 N–H and O–H groups in total. The zero-order valence-corrected chi connectivity index (χ0v) is 17.4. The van der Waals surface area contributed by atoms with Crippen LogP contribution in [0.4, 0.5) is 21.6 Å². The predicted molar refractivity (Wildman–Crippen MR) is 112 cm³/mol. The maximum atomic E-state index is 13.1. The first-order chi connectivity index (χ1) is 14.3. The largest absolute Gasteiger partial charge is 0.371 e. The van der Waals surface area contributed by atoms with Gasteiger partial charge in [-0.05, 0) is 49.9 Å². The summed E-state index contributed by atoms with van der Waals surface area (Å²) in [5, 5.41) is 21.4. The Kier molecular flexibility index (Phi) is 6.53. The average Bonchev–Trinajstić information content (AvgIpc) is 3.28. The van der Waals surface area contributed by atoms with Crippen LogP contribution >= 0.6 is 0 Å². The van der Waals surface area contributed by atoms with E-state index in [1.165, 1.54) is 16.8 Å². The second kappa shape index (κ2) is 9.10. The summed E-state index contributed by atoms with van der Waals surface area (Å²) in [5.74, 6) is 0.0437. The number of hydrogen-bond donors (Lipinski definition) is 2. The summed E-state index contributed by atoms with van der Waals surface area (Å²) in [6, 6.07) is 5.81. The number of hydrogen-bond acceptors (Lipinski definition) is 6. The van der Waals surface area contributed by atoms with Crippen LogP contribution in [0.25, 0.3) is 0 Å². The Bertz CT molecular complexity index is 914. The molecule has 2 aromatic rings. The number of halogens is 1. The monoisotopic (exact) mass is 418 g/mol. The van der Waals surface area contributed by atoms with Gasteiger partial charge in [-0.15, -0.1) is 0 Å². The summed E-state index contributed by atoms with van der Waals surface area (Å²) in [4.78, 5) is 25.7. The number of nitrogens with zero attached hydrogens (tertiary/aromatic N) is 4. The van der Waals surface area contributed by atoms with Crippen molar-refractivity contribution < 1.29 is 14.1 Å². The zero-order valence-electron chi connectivity index (χ0n) is 17.4. The van der Waals surface area contributed by atoms with E-state index in [1.807, 2.05) is 6.92 Å². The third-order valence-corrected chi connectivity index (χ3v) is 5.45. The minimum Gasteiger partial charge on any atom is -0.371 e. The van der Waals surface area contributed by atoms with Crippen LogP contribution in [0.2, 0.25) is 0 Å². The maximum Gasteiger partial charge on any atom is 0.333 e. The highest BCUT2D eigenvalue weighted by molar-refractivity contribution is 5.85. The van der Waals surface area contributed by atoms with E-state index < -0.39 is 11.0 Å². The van der Waals surface area contributed by atoms with Crippen LogP contribution < -0.4 is 15.5 Å². The molecule has 0 bridgehead atoms. The van der Waals surface area contributed by atoms with Crippen molar-refractivity contribution in [3.63, 3.8) is 0 Å². The molecule has 0 radical (unpaired) electrons. The number of rotatable bonds is 8. The SMILES string of the molecule is CC[C@H](Nc1c([N+](=O)[O-])c(C)nn1C)C(=O)NC[C@@H]1CCN(c2ccc(F)cc2)C1. The van der Waals surface area contributed by atoms with Gasteiger partial charge in [-0.3, -0.25) is 14.9 Å². The second-order valence-corrected chi connectivity index (χ2v) is 7.59. The normalized spacial score (nSPS) is 17.1. The fourth-order valence-corrected chi connectivity index (χ4v) is 3.80. The lowest BCUT2D eigenvalue weighted by Gasteiger charge is -2.20. The minimum absolute atomic E-state index is 0.116. The molecule has 0 unspecified atom stereocenters. The van der Waals surface area contributed by atoms with E-state index in [1.54, 1.807) is 26.1 Å². The van der Waals surface area contributed by atoms with Crippen molar-refractivity contribution in [2.45, 2.75) is 32.7 Å². The van der Waals surface area contributed by atoms with Gasteiger partial charge in [0.25, 0.3) is 0 Å². The van der Waals surface area contributed by atoms with Gasteiger partial charge in [0.2, 0.25) is 11.7 Å². The van der Waals surface area contributed by atoms with Crippen LogP contribution in [-0.4, -0.2) is 46.3 Å². The summed E-state index contributed by atoms with van der Waals surface area (Å²) in [6.45, 7) is 5.56. The van der Waals surface area contributed by atoms with Crippen molar-refractivity contribution >= 4 is 23.1 Å². The molecule has 1 aromatic heterocycles. The molecular weight excluding hydrogens is 391 g/mol. The van der Waals surface area contributed by atoms with E-state index in [0.29, 0.717) is 18.7 Å². The Morgan fingerprint density at radius 3 is 2.73 bits per heavy atom. The van der Waals surface area contributed by atoms with Gasteiger partial charge in [-0.2, -0.15) is 5.10 Å². The number of carbonyl (C=O) groups excluding carboxylic acids is 1. The van der Waals surface area contributed by atoms with Gasteiger partial charge >= 0.3 is 5.69 Å². The van der Waals surface area contributed by atoms with Gasteiger partial charge in [0.05, 0.1) is 4.92 Å². The van der Waals surface area contributed by atoms with Crippen LogP contribution in [0.5, 0.6) is 0 Å². The van der Waals surface area contributed by atoms with E-state index >= 15 is 0 Å². The van der Waals surface area contributed by atoms with Gasteiger partial charge in [0.15, 0.2) is 0 Å². The quantitative estimate of drug-likeness (QED) is 0.504. The molecule has 2 atom stereocenters. The first-order valence-electron chi connectivity index (χ1n) is 10.0. The number of aryl methyl sites for hydroxylation is 2. The van der Waals surface area contributed by atoms with Crippen LogP contribution in [0.3, 0.4) is 0 Å². The Morgan fingerprint density at radius 1 is 1.40 bits per heavy atom. The lowest BCUT2D eigenvalue weighted by atomic mass is 10.1. The number of carbonyl (C=O) groups is 1. The maximum absolute atomic E-state index is 13.1. The molecule has 10 heteroatoms. The predicted octanol–water partition coefficient (Wildman–Crippen LogP) is 2.61. The Balaban J connectivity index is 1.56. The Hall–Kier alpha value is -3.17. The molecule has 1 aromatic carbocycles. The van der Waals surface area contributed by atoms with Crippen LogP contribution in [-0.2, 0) is 11.8 Å². The number of nitro groups is 1. The van der Waals surface area contributed by atoms with E-state index in [2.05, 4.69) is 20.6 Å². The smallest absolute Gasteiger partial charge is 0.333 e. The van der Waals surface area contributed by atoms with Crippen LogP contribution in [0, 0.1) is 28.8 Å². The molecule has 0 saturated carbocycles. The molecule has 1 amide bonds. The molecular formula is C20H27FN6O3. The van der Waals surface area contributed by atoms with Gasteiger partial charge in [-0.25, -0.2) is 9.07 Å². The molecule has 2 heterocycles. The number of amides is 1. The van der Waals surface area contributed by atoms with Gasteiger partial charge < -0.3 is 15.5 Å². The summed E-state index contributed by atoms with van der Waals surface area (Å²) in [6.07, 6.45) is 1.40. The Morgan fingerprint density at radius 2 is 2.10 bits per heavy atom. The van der Waals surface area contributed by atoms with Gasteiger partial charge in [-0.1, -0.05) is 6.92 Å². The van der Waals surface area contributed by atoms with E-state index in [-0.39, 0.29) is 29.1 Å². The molecule has 0 aliphatic carbocycles. The summed E-state index contributed by atoms with van der Waals surface area (Å²) in [7, 11) is 1.61. The first-order valence-corrected chi connectivity index (χ1v) is 10.0. The topological polar surface area (TPSA) is 105 Å². The van der Waals surface area contributed by atoms with Gasteiger partial charge in [0.1, 0.15) is 17.6 Å². The third-order valence-electron chi connectivity index (χ3n) is 5.45. The van der Waals surface area contributed by atoms with Crippen LogP contribution in [0.1, 0.15) is 25.5 Å². The summed E-state index contributed by atoms with van der Waals surface area (Å²) >= 11 is 0. The second-order valence-electron chi connectivity index (χ2n) is 7.59. The zero-order chi connectivity index (χ0) is 21.8. The molecule has 1 saturated heterocycles. The van der Waals surface area contributed by atoms with Crippen molar-refractivity contribution in [1.82, 2.24) is 15.1 Å². The molecule has 1 fully saturated rings. The van der Waals surface area contributed by atoms with Crippen molar-refractivity contribution in [3.05, 3.63) is 45.9 Å². The number of benzene rings is 1. The van der Waals surface area contributed by atoms with Gasteiger partial charge in [0, 0.05) is 32.4 Å². The molecule has 9 nitrogen and oxygen atoms in total. The van der Waals surface area contributed by atoms with E-state index in [4.69, 9.17) is 0 Å². The summed E-state index contributed by atoms with van der Waals surface area (Å²) < 4.78 is 14.5. The third kappa shape index (κ3) is 4.69. The minimum atomic E-state index is -0.604. The van der Waals surface area contributed by atoms with E-state index in [9.17, 15) is 19.3 Å². The number of nitrogens with one attached hydrogen (secondary N) is 2. The Labute approximate surface area is 174 Å². The number of aromatic nitrogens is 2. The van der Waals surface area contributed by atoms with Crippen molar-refractivity contribution in [1.29, 1.82) is 0 Å². The fourth-order valence-electron chi connectivity index (χ4n) is 3.80. The molecule has 3 rings (SSSR count). The molecule has 0 spiro atoms. The highest BCUT2D eigenvalue weighted by Crippen LogP contribution is 2.28. The highest BCUT2D eigenvalue weighted by Gasteiger charge is 2.29. The number of anilines is 2. The standard InChI is InChI=1S/C20H27FN6O3/c1-4-17(23-19-18(27(29)30)13(2)24-25(19)3)20(28)22-11-14-9-10-26(12-14)16-7-5-15(21)6-8-16/h5-8,14,17,23H,4,9-12H2,1-3H3,(H,22,28)/t14-,17-/m0/s1. The lowest BCUT2D eigenvalue weighted by Crippen LogP contribution is -2.42. The fraction of sp³-hybridized carbons (Fsp3) is 0.500. The molecule has 1 aliphatic rings. The van der Waals surface area contributed by atoms with Crippen LogP contribution in [0.15, 0.2) is 24.3 Å². The molecule has 162 valence electrons. The van der Waals surface area contributed by atoms with Crippen molar-refractivity contribution in [2.75, 3.05) is 29.9 Å². The average molecular weight is 418 g/mol. The molecule has 1 aliphatic heterocycles. The highest BCUT2D eigenvalue weighted by atomic mass is 19.1. The lowest BCUT2D eigenvalue weighted by molar-refractivity contribution is -0.384. The molecule has 30 heavy (non-hydrogen) atoms. The first kappa shape index (κ1) is 21.5. The van der Waals surface area contributed by atoms with E-state index in [0.717, 1.165) is 25.2 Å².